The smallest absolute Gasteiger partial charge is 0.325 e. The average Bonchev–Trinajstić information content (AvgIpc) is 2.70. The molecule has 2 amide bonds. The third-order valence-corrected chi connectivity index (χ3v) is 6.39. The summed E-state index contributed by atoms with van der Waals surface area (Å²) in [7, 11) is 0. The van der Waals surface area contributed by atoms with Crippen molar-refractivity contribution in [3.8, 4) is 0 Å². The van der Waals surface area contributed by atoms with Crippen LogP contribution >= 0.6 is 23.4 Å². The van der Waals surface area contributed by atoms with Crippen molar-refractivity contribution in [1.29, 1.82) is 0 Å². The molecule has 2 aromatic rings. The van der Waals surface area contributed by atoms with Crippen LogP contribution in [0, 0.1) is 13.8 Å². The van der Waals surface area contributed by atoms with Gasteiger partial charge in [0.25, 0.3) is 0 Å². The van der Waals surface area contributed by atoms with E-state index in [9.17, 15) is 22.8 Å². The number of alkyl halides is 3. The molecule has 1 N–H and O–H groups in total. The maximum atomic E-state index is 13.2. The first-order valence-corrected chi connectivity index (χ1v) is 11.1. The molecule has 0 spiro atoms. The molecular formula is C22H21ClF3N3O2S. The van der Waals surface area contributed by atoms with Crippen LogP contribution in [-0.4, -0.2) is 33.7 Å². The van der Waals surface area contributed by atoms with Crippen LogP contribution in [0.25, 0.3) is 0 Å². The van der Waals surface area contributed by atoms with Crippen LogP contribution in [0.4, 0.5) is 24.5 Å². The fourth-order valence-corrected chi connectivity index (χ4v) is 4.62. The zero-order valence-corrected chi connectivity index (χ0v) is 19.2. The number of thioether (sulfide) groups is 1. The van der Waals surface area contributed by atoms with Gasteiger partial charge in [0.15, 0.2) is 5.17 Å². The number of carbonyl (C=O) groups excluding carboxylic acids is 2. The minimum atomic E-state index is -4.64. The SMILES string of the molecule is CCN1C(=O)CC(C(=O)Nc2ccc(C)cc2C)SC1=Nc1ccc(Cl)c(C(F)(F)F)c1. The zero-order chi connectivity index (χ0) is 23.6. The third-order valence-electron chi connectivity index (χ3n) is 4.87. The summed E-state index contributed by atoms with van der Waals surface area (Å²) < 4.78 is 39.6. The van der Waals surface area contributed by atoms with Crippen molar-refractivity contribution in [2.24, 2.45) is 4.99 Å². The Kier molecular flexibility index (Phi) is 7.19. The van der Waals surface area contributed by atoms with Gasteiger partial charge in [-0.1, -0.05) is 41.1 Å². The molecule has 1 aliphatic heterocycles. The fraction of sp³-hybridized carbons (Fsp3) is 0.318. The van der Waals surface area contributed by atoms with E-state index in [-0.39, 0.29) is 35.6 Å². The summed E-state index contributed by atoms with van der Waals surface area (Å²) in [6.45, 7) is 5.81. The van der Waals surface area contributed by atoms with Gasteiger partial charge < -0.3 is 5.32 Å². The largest absolute Gasteiger partial charge is 0.417 e. The average molecular weight is 484 g/mol. The Morgan fingerprint density at radius 2 is 1.97 bits per heavy atom. The van der Waals surface area contributed by atoms with E-state index in [1.807, 2.05) is 26.0 Å². The van der Waals surface area contributed by atoms with E-state index in [0.29, 0.717) is 5.69 Å². The van der Waals surface area contributed by atoms with E-state index in [0.717, 1.165) is 35.0 Å². The molecule has 32 heavy (non-hydrogen) atoms. The molecule has 1 aliphatic rings. The summed E-state index contributed by atoms with van der Waals surface area (Å²) in [5.74, 6) is -0.693. The zero-order valence-electron chi connectivity index (χ0n) is 17.6. The highest BCUT2D eigenvalue weighted by Gasteiger charge is 2.36. The highest BCUT2D eigenvalue weighted by molar-refractivity contribution is 8.15. The molecule has 0 aliphatic carbocycles. The number of aryl methyl sites for hydroxylation is 2. The van der Waals surface area contributed by atoms with Gasteiger partial charge in [-0.3, -0.25) is 14.5 Å². The van der Waals surface area contributed by atoms with Gasteiger partial charge in [0.05, 0.1) is 16.3 Å². The molecule has 1 heterocycles. The predicted octanol–water partition coefficient (Wildman–Crippen LogP) is 5.96. The first-order valence-electron chi connectivity index (χ1n) is 9.80. The maximum Gasteiger partial charge on any atom is 0.417 e. The van der Waals surface area contributed by atoms with Gasteiger partial charge in [0.1, 0.15) is 5.25 Å². The molecule has 0 aromatic heterocycles. The predicted molar refractivity (Wildman–Crippen MR) is 121 cm³/mol. The van der Waals surface area contributed by atoms with Gasteiger partial charge in [-0.2, -0.15) is 13.2 Å². The second-order valence-corrected chi connectivity index (χ2v) is 8.89. The first kappa shape index (κ1) is 24.1. The van der Waals surface area contributed by atoms with Crippen LogP contribution in [0.1, 0.15) is 30.0 Å². The lowest BCUT2D eigenvalue weighted by molar-refractivity contribution is -0.137. The molecule has 10 heteroatoms. The molecule has 0 saturated carbocycles. The summed E-state index contributed by atoms with van der Waals surface area (Å²) in [4.78, 5) is 31.1. The van der Waals surface area contributed by atoms with Crippen molar-refractivity contribution in [2.45, 2.75) is 38.6 Å². The number of hydrogen-bond acceptors (Lipinski definition) is 4. The Hall–Kier alpha value is -2.52. The van der Waals surface area contributed by atoms with E-state index in [4.69, 9.17) is 11.6 Å². The molecule has 1 atom stereocenters. The summed E-state index contributed by atoms with van der Waals surface area (Å²) in [6, 6.07) is 8.86. The molecule has 0 radical (unpaired) electrons. The van der Waals surface area contributed by atoms with Crippen LogP contribution in [0.5, 0.6) is 0 Å². The van der Waals surface area contributed by atoms with Crippen molar-refractivity contribution < 1.29 is 22.8 Å². The summed E-state index contributed by atoms with van der Waals surface area (Å²) in [5.41, 5.74) is 1.55. The molecule has 2 aromatic carbocycles. The van der Waals surface area contributed by atoms with Crippen LogP contribution in [0.3, 0.4) is 0 Å². The quantitative estimate of drug-likeness (QED) is 0.584. The number of amidine groups is 1. The van der Waals surface area contributed by atoms with Crippen LogP contribution < -0.4 is 5.32 Å². The Labute approximate surface area is 193 Å². The van der Waals surface area contributed by atoms with Gasteiger partial charge in [-0.05, 0) is 50.6 Å². The molecule has 3 rings (SSSR count). The van der Waals surface area contributed by atoms with Crippen molar-refractivity contribution in [3.05, 3.63) is 58.1 Å². The standard InChI is InChI=1S/C22H21ClF3N3O2S/c1-4-29-19(30)11-18(20(31)28-17-8-5-12(2)9-13(17)3)32-21(29)27-14-6-7-16(23)15(10-14)22(24,25)26/h5-10,18H,4,11H2,1-3H3,(H,28,31). The fourth-order valence-electron chi connectivity index (χ4n) is 3.23. The van der Waals surface area contributed by atoms with Gasteiger partial charge in [-0.25, -0.2) is 4.99 Å². The summed E-state index contributed by atoms with van der Waals surface area (Å²) in [6.07, 6.45) is -4.68. The number of halogens is 4. The lowest BCUT2D eigenvalue weighted by Crippen LogP contribution is -2.45. The number of hydrogen-bond donors (Lipinski definition) is 1. The normalized spacial score (nSPS) is 18.2. The molecular weight excluding hydrogens is 463 g/mol. The number of nitrogens with zero attached hydrogens (tertiary/aromatic N) is 2. The Morgan fingerprint density at radius 3 is 2.59 bits per heavy atom. The highest BCUT2D eigenvalue weighted by atomic mass is 35.5. The topological polar surface area (TPSA) is 61.8 Å². The number of carbonyl (C=O) groups is 2. The van der Waals surface area contributed by atoms with E-state index in [1.54, 1.807) is 13.0 Å². The molecule has 5 nitrogen and oxygen atoms in total. The molecule has 170 valence electrons. The highest BCUT2D eigenvalue weighted by Crippen LogP contribution is 2.38. The number of nitrogens with one attached hydrogen (secondary N) is 1. The number of anilines is 1. The lowest BCUT2D eigenvalue weighted by Gasteiger charge is -2.31. The lowest BCUT2D eigenvalue weighted by atomic mass is 10.1. The van der Waals surface area contributed by atoms with E-state index in [2.05, 4.69) is 10.3 Å². The second kappa shape index (κ2) is 9.54. The van der Waals surface area contributed by atoms with E-state index in [1.165, 1.54) is 11.0 Å². The molecule has 1 saturated heterocycles. The molecule has 1 fully saturated rings. The molecule has 0 bridgehead atoms. The third kappa shape index (κ3) is 5.45. The number of rotatable bonds is 4. The van der Waals surface area contributed by atoms with Crippen molar-refractivity contribution in [2.75, 3.05) is 11.9 Å². The van der Waals surface area contributed by atoms with Crippen molar-refractivity contribution >= 4 is 51.7 Å². The Morgan fingerprint density at radius 1 is 1.25 bits per heavy atom. The van der Waals surface area contributed by atoms with Gasteiger partial charge in [0.2, 0.25) is 11.8 Å². The van der Waals surface area contributed by atoms with Crippen molar-refractivity contribution in [3.63, 3.8) is 0 Å². The minimum absolute atomic E-state index is 0.00841. The Bertz CT molecular complexity index is 1090. The van der Waals surface area contributed by atoms with Gasteiger partial charge in [-0.15, -0.1) is 0 Å². The van der Waals surface area contributed by atoms with Crippen LogP contribution in [0.15, 0.2) is 41.4 Å². The number of benzene rings is 2. The van der Waals surface area contributed by atoms with E-state index < -0.39 is 22.0 Å². The second-order valence-electron chi connectivity index (χ2n) is 7.31. The Balaban J connectivity index is 1.88. The number of aliphatic imine (C=N–C) groups is 1. The minimum Gasteiger partial charge on any atom is -0.325 e. The summed E-state index contributed by atoms with van der Waals surface area (Å²) in [5, 5.41) is 1.79. The van der Waals surface area contributed by atoms with Gasteiger partial charge in [0, 0.05) is 18.7 Å². The first-order chi connectivity index (χ1) is 15.0. The monoisotopic (exact) mass is 483 g/mol. The van der Waals surface area contributed by atoms with E-state index >= 15 is 0 Å². The van der Waals surface area contributed by atoms with Gasteiger partial charge >= 0.3 is 6.18 Å². The summed E-state index contributed by atoms with van der Waals surface area (Å²) >= 11 is 6.72. The van der Waals surface area contributed by atoms with Crippen LogP contribution in [0.2, 0.25) is 5.02 Å². The number of amides is 2. The maximum absolute atomic E-state index is 13.2. The molecule has 1 unspecified atom stereocenters. The van der Waals surface area contributed by atoms with Crippen LogP contribution in [-0.2, 0) is 15.8 Å². The van der Waals surface area contributed by atoms with Crippen molar-refractivity contribution in [1.82, 2.24) is 4.90 Å².